The van der Waals surface area contributed by atoms with Crippen LogP contribution in [0.5, 0.6) is 0 Å². The summed E-state index contributed by atoms with van der Waals surface area (Å²) >= 11 is 0. The molecule has 0 unspecified atom stereocenters. The van der Waals surface area contributed by atoms with Crippen molar-refractivity contribution >= 4 is 5.78 Å². The molecule has 0 aromatic heterocycles. The predicted octanol–water partition coefficient (Wildman–Crippen LogP) is 4.07. The summed E-state index contributed by atoms with van der Waals surface area (Å²) in [6.07, 6.45) is 8.94. The van der Waals surface area contributed by atoms with Crippen molar-refractivity contribution in [3.8, 4) is 0 Å². The van der Waals surface area contributed by atoms with E-state index in [1.54, 1.807) is 6.08 Å². The Morgan fingerprint density at radius 1 is 1.62 bits per heavy atom. The average molecular weight is 218 g/mol. The molecule has 0 radical (unpaired) electrons. The summed E-state index contributed by atoms with van der Waals surface area (Å²) in [5, 5.41) is 0. The summed E-state index contributed by atoms with van der Waals surface area (Å²) in [7, 11) is 0. The fourth-order valence-electron chi connectivity index (χ4n) is 2.12. The molecule has 0 aromatic rings. The molecule has 16 heavy (non-hydrogen) atoms. The standard InChI is InChI=1S/C15H22O/c1-11(2)9-15(16)10-13(4)14-7-5-12(3)6-8-14/h5,7,9,13-14H,3,6,8,10H2,1-2,4H3/t13-,14+/m1/s1. The van der Waals surface area contributed by atoms with Crippen LogP contribution in [0.4, 0.5) is 0 Å². The second kappa shape index (κ2) is 5.83. The number of allylic oxidation sites excluding steroid dienone is 5. The summed E-state index contributed by atoms with van der Waals surface area (Å²) in [6.45, 7) is 10.0. The highest BCUT2D eigenvalue weighted by atomic mass is 16.1. The molecule has 1 rings (SSSR count). The van der Waals surface area contributed by atoms with Gasteiger partial charge in [-0.15, -0.1) is 0 Å². The van der Waals surface area contributed by atoms with Crippen LogP contribution in [-0.4, -0.2) is 5.78 Å². The van der Waals surface area contributed by atoms with Crippen molar-refractivity contribution in [1.29, 1.82) is 0 Å². The van der Waals surface area contributed by atoms with E-state index in [0.29, 0.717) is 18.3 Å². The molecule has 0 aromatic carbocycles. The molecule has 0 saturated heterocycles. The highest BCUT2D eigenvalue weighted by Crippen LogP contribution is 2.28. The molecule has 1 nitrogen and oxygen atoms in total. The normalized spacial score (nSPS) is 21.7. The molecule has 0 amide bonds. The maximum atomic E-state index is 11.7. The number of carbonyl (C=O) groups is 1. The van der Waals surface area contributed by atoms with E-state index in [-0.39, 0.29) is 5.78 Å². The third-order valence-corrected chi connectivity index (χ3v) is 3.08. The van der Waals surface area contributed by atoms with Gasteiger partial charge in [0.05, 0.1) is 0 Å². The third kappa shape index (κ3) is 4.18. The molecule has 1 heteroatoms. The lowest BCUT2D eigenvalue weighted by atomic mass is 9.82. The Labute approximate surface area is 98.9 Å². The number of hydrogen-bond donors (Lipinski definition) is 0. The lowest BCUT2D eigenvalue weighted by Crippen LogP contribution is -2.15. The first-order valence-electron chi connectivity index (χ1n) is 6.02. The quantitative estimate of drug-likeness (QED) is 0.650. The monoisotopic (exact) mass is 218 g/mol. The molecule has 0 aliphatic heterocycles. The van der Waals surface area contributed by atoms with Crippen LogP contribution in [0, 0.1) is 11.8 Å². The third-order valence-electron chi connectivity index (χ3n) is 3.08. The van der Waals surface area contributed by atoms with Gasteiger partial charge in [0.25, 0.3) is 0 Å². The second-order valence-corrected chi connectivity index (χ2v) is 5.09. The Bertz CT molecular complexity index is 329. The summed E-state index contributed by atoms with van der Waals surface area (Å²) in [5.41, 5.74) is 2.30. The number of carbonyl (C=O) groups excluding carboxylic acids is 1. The van der Waals surface area contributed by atoms with E-state index in [2.05, 4.69) is 25.7 Å². The van der Waals surface area contributed by atoms with Gasteiger partial charge in [0.1, 0.15) is 0 Å². The molecule has 1 aliphatic rings. The van der Waals surface area contributed by atoms with Crippen molar-refractivity contribution in [3.63, 3.8) is 0 Å². The van der Waals surface area contributed by atoms with Gasteiger partial charge in [-0.05, 0) is 44.6 Å². The van der Waals surface area contributed by atoms with Crippen LogP contribution < -0.4 is 0 Å². The van der Waals surface area contributed by atoms with Crippen molar-refractivity contribution in [3.05, 3.63) is 36.0 Å². The zero-order chi connectivity index (χ0) is 12.1. The van der Waals surface area contributed by atoms with Gasteiger partial charge in [0.15, 0.2) is 5.78 Å². The van der Waals surface area contributed by atoms with Gasteiger partial charge in [0, 0.05) is 6.42 Å². The molecule has 0 bridgehead atoms. The molecule has 0 fully saturated rings. The van der Waals surface area contributed by atoms with Crippen LogP contribution in [0.25, 0.3) is 0 Å². The van der Waals surface area contributed by atoms with Crippen LogP contribution in [0.3, 0.4) is 0 Å². The smallest absolute Gasteiger partial charge is 0.155 e. The molecule has 0 N–H and O–H groups in total. The van der Waals surface area contributed by atoms with E-state index in [1.165, 1.54) is 5.57 Å². The van der Waals surface area contributed by atoms with Gasteiger partial charge in [-0.3, -0.25) is 4.79 Å². The zero-order valence-electron chi connectivity index (χ0n) is 10.6. The molecule has 0 spiro atoms. The average Bonchev–Trinajstić information content (AvgIpc) is 2.16. The van der Waals surface area contributed by atoms with Crippen molar-refractivity contribution in [2.24, 2.45) is 11.8 Å². The minimum atomic E-state index is 0.255. The molecular weight excluding hydrogens is 196 g/mol. The Morgan fingerprint density at radius 2 is 2.31 bits per heavy atom. The van der Waals surface area contributed by atoms with Crippen LogP contribution in [0.2, 0.25) is 0 Å². The first-order valence-corrected chi connectivity index (χ1v) is 6.02. The van der Waals surface area contributed by atoms with Crippen LogP contribution in [0.1, 0.15) is 40.0 Å². The Kier molecular flexibility index (Phi) is 4.72. The van der Waals surface area contributed by atoms with Gasteiger partial charge in [-0.1, -0.05) is 36.8 Å². The highest BCUT2D eigenvalue weighted by Gasteiger charge is 2.19. The SMILES string of the molecule is C=C1C=C[C@H]([C@H](C)CC(=O)C=C(C)C)CC1. The summed E-state index contributed by atoms with van der Waals surface area (Å²) in [5.74, 6) is 1.23. The summed E-state index contributed by atoms with van der Waals surface area (Å²) in [4.78, 5) is 11.7. The molecule has 88 valence electrons. The van der Waals surface area contributed by atoms with Gasteiger partial charge < -0.3 is 0 Å². The number of rotatable bonds is 4. The second-order valence-electron chi connectivity index (χ2n) is 5.09. The minimum Gasteiger partial charge on any atom is -0.295 e. The van der Waals surface area contributed by atoms with E-state index in [4.69, 9.17) is 0 Å². The molecule has 2 atom stereocenters. The van der Waals surface area contributed by atoms with Crippen molar-refractivity contribution in [2.45, 2.75) is 40.0 Å². The fourth-order valence-corrected chi connectivity index (χ4v) is 2.12. The van der Waals surface area contributed by atoms with Gasteiger partial charge in [-0.25, -0.2) is 0 Å². The van der Waals surface area contributed by atoms with E-state index in [9.17, 15) is 4.79 Å². The Balaban J connectivity index is 2.50. The summed E-state index contributed by atoms with van der Waals surface area (Å²) < 4.78 is 0. The van der Waals surface area contributed by atoms with E-state index in [0.717, 1.165) is 18.4 Å². The van der Waals surface area contributed by atoms with Crippen LogP contribution >= 0.6 is 0 Å². The predicted molar refractivity (Wildman–Crippen MR) is 69.2 cm³/mol. The van der Waals surface area contributed by atoms with Gasteiger partial charge in [0.2, 0.25) is 0 Å². The minimum absolute atomic E-state index is 0.255. The molecule has 0 saturated carbocycles. The Morgan fingerprint density at radius 3 is 2.81 bits per heavy atom. The zero-order valence-corrected chi connectivity index (χ0v) is 10.6. The largest absolute Gasteiger partial charge is 0.295 e. The first kappa shape index (κ1) is 13.0. The van der Waals surface area contributed by atoms with Crippen LogP contribution in [0.15, 0.2) is 36.0 Å². The maximum Gasteiger partial charge on any atom is 0.155 e. The van der Waals surface area contributed by atoms with E-state index < -0.39 is 0 Å². The van der Waals surface area contributed by atoms with E-state index >= 15 is 0 Å². The Hall–Kier alpha value is -1.11. The van der Waals surface area contributed by atoms with Crippen molar-refractivity contribution in [2.75, 3.05) is 0 Å². The first-order chi connectivity index (χ1) is 7.49. The lowest BCUT2D eigenvalue weighted by molar-refractivity contribution is -0.115. The highest BCUT2D eigenvalue weighted by molar-refractivity contribution is 5.90. The maximum absolute atomic E-state index is 11.7. The van der Waals surface area contributed by atoms with Crippen molar-refractivity contribution in [1.82, 2.24) is 0 Å². The van der Waals surface area contributed by atoms with Crippen LogP contribution in [-0.2, 0) is 4.79 Å². The number of hydrogen-bond acceptors (Lipinski definition) is 1. The van der Waals surface area contributed by atoms with Crippen molar-refractivity contribution < 1.29 is 4.79 Å². The van der Waals surface area contributed by atoms with Gasteiger partial charge >= 0.3 is 0 Å². The van der Waals surface area contributed by atoms with E-state index in [1.807, 2.05) is 13.8 Å². The summed E-state index contributed by atoms with van der Waals surface area (Å²) in [6, 6.07) is 0. The lowest BCUT2D eigenvalue weighted by Gasteiger charge is -2.23. The molecule has 0 heterocycles. The fraction of sp³-hybridized carbons (Fsp3) is 0.533. The van der Waals surface area contributed by atoms with Gasteiger partial charge in [-0.2, -0.15) is 0 Å². The topological polar surface area (TPSA) is 17.1 Å². The number of ketones is 1. The molecular formula is C15H22O. The molecule has 1 aliphatic carbocycles.